The summed E-state index contributed by atoms with van der Waals surface area (Å²) in [4.78, 5) is 6.42. The minimum atomic E-state index is -1.12. The van der Waals surface area contributed by atoms with Gasteiger partial charge in [-0.15, -0.1) is 0 Å². The first-order valence-corrected chi connectivity index (χ1v) is 13.9. The van der Waals surface area contributed by atoms with Crippen LogP contribution in [0.5, 0.6) is 0 Å². The van der Waals surface area contributed by atoms with Gasteiger partial charge < -0.3 is 4.98 Å². The van der Waals surface area contributed by atoms with Gasteiger partial charge in [-0.2, -0.15) is 0 Å². The van der Waals surface area contributed by atoms with Crippen LogP contribution in [0.1, 0.15) is 105 Å². The van der Waals surface area contributed by atoms with E-state index in [4.69, 9.17) is 4.52 Å². The van der Waals surface area contributed by atoms with Crippen LogP contribution in [-0.2, 0) is 4.52 Å². The van der Waals surface area contributed by atoms with Crippen LogP contribution in [0.4, 0.5) is 0 Å². The van der Waals surface area contributed by atoms with E-state index < -0.39 is 7.49 Å². The molecular weight excluding hydrogens is 351 g/mol. The number of rotatable bonds is 17. The van der Waals surface area contributed by atoms with Crippen molar-refractivity contribution in [2.24, 2.45) is 0 Å². The summed E-state index contributed by atoms with van der Waals surface area (Å²) in [7, 11) is -1.12. The summed E-state index contributed by atoms with van der Waals surface area (Å²) in [6.45, 7) is 10.1. The fourth-order valence-corrected chi connectivity index (χ4v) is 7.50. The summed E-state index contributed by atoms with van der Waals surface area (Å²) in [6.07, 6.45) is 26.0. The van der Waals surface area contributed by atoms with Gasteiger partial charge in [0.25, 0.3) is 0 Å². The molecular formula is C23H48N2OP+. The van der Waals surface area contributed by atoms with Gasteiger partial charge in [0.2, 0.25) is 0 Å². The average molecular weight is 400 g/mol. The predicted octanol–water partition coefficient (Wildman–Crippen LogP) is 8.11. The number of hydrogen-bond donors (Lipinski definition) is 1. The standard InChI is InChI=1S/C20H44OP.C3H4N2/c1-5-9-12-15-18-22(21-8-4,19-16-13-10-6-2)20-17-14-11-7-3;1-2-5-3-4-1/h5-20H2,1-4H3;1-3H,(H,4,5)/q+1;. The number of nitrogens with one attached hydrogen (secondary N) is 1. The maximum atomic E-state index is 6.48. The van der Waals surface area contributed by atoms with Crippen LogP contribution in [0.15, 0.2) is 18.7 Å². The zero-order valence-corrected chi connectivity index (χ0v) is 19.7. The van der Waals surface area contributed by atoms with Crippen molar-refractivity contribution in [3.8, 4) is 0 Å². The quantitative estimate of drug-likeness (QED) is 0.212. The average Bonchev–Trinajstić information content (AvgIpc) is 3.26. The monoisotopic (exact) mass is 399 g/mol. The molecule has 160 valence electrons. The number of H-pyrrole nitrogens is 1. The molecule has 1 rings (SSSR count). The molecule has 0 saturated carbocycles. The molecule has 0 unspecified atom stereocenters. The van der Waals surface area contributed by atoms with E-state index in [2.05, 4.69) is 37.7 Å². The van der Waals surface area contributed by atoms with Crippen LogP contribution in [0.2, 0.25) is 0 Å². The normalized spacial score (nSPS) is 11.3. The van der Waals surface area contributed by atoms with E-state index in [1.54, 1.807) is 18.7 Å². The largest absolute Gasteiger partial charge is 0.351 e. The molecule has 27 heavy (non-hydrogen) atoms. The molecule has 1 aromatic heterocycles. The second kappa shape index (κ2) is 20.3. The molecule has 0 aliphatic rings. The van der Waals surface area contributed by atoms with Crippen molar-refractivity contribution in [1.29, 1.82) is 0 Å². The Balaban J connectivity index is 0.00000115. The molecule has 0 radical (unpaired) electrons. The van der Waals surface area contributed by atoms with Gasteiger partial charge in [-0.1, -0.05) is 59.3 Å². The van der Waals surface area contributed by atoms with Gasteiger partial charge >= 0.3 is 0 Å². The molecule has 0 spiro atoms. The van der Waals surface area contributed by atoms with Crippen molar-refractivity contribution in [1.82, 2.24) is 9.97 Å². The fourth-order valence-electron chi connectivity index (χ4n) is 3.50. The number of hydrogen-bond acceptors (Lipinski definition) is 2. The molecule has 0 aliphatic carbocycles. The number of imidazole rings is 1. The second-order valence-corrected chi connectivity index (χ2v) is 11.3. The molecule has 0 amide bonds. The first kappa shape index (κ1) is 26.6. The zero-order chi connectivity index (χ0) is 20.1. The Hall–Kier alpha value is -0.400. The lowest BCUT2D eigenvalue weighted by molar-refractivity contribution is 0.359. The van der Waals surface area contributed by atoms with Crippen LogP contribution < -0.4 is 0 Å². The lowest BCUT2D eigenvalue weighted by Gasteiger charge is -2.26. The van der Waals surface area contributed by atoms with Crippen LogP contribution in [-0.4, -0.2) is 35.1 Å². The summed E-state index contributed by atoms with van der Waals surface area (Å²) in [5, 5.41) is 0. The summed E-state index contributed by atoms with van der Waals surface area (Å²) < 4.78 is 6.48. The Morgan fingerprint density at radius 2 is 1.19 bits per heavy atom. The Kier molecular flexibility index (Phi) is 20.0. The number of aromatic nitrogens is 2. The molecule has 4 heteroatoms. The molecule has 1 aromatic rings. The maximum Gasteiger partial charge on any atom is 0.145 e. The first-order chi connectivity index (χ1) is 13.2. The lowest BCUT2D eigenvalue weighted by atomic mass is 10.2. The first-order valence-electron chi connectivity index (χ1n) is 11.7. The van der Waals surface area contributed by atoms with E-state index in [9.17, 15) is 0 Å². The molecule has 1 heterocycles. The number of unbranched alkanes of at least 4 members (excludes halogenated alkanes) is 9. The highest BCUT2D eigenvalue weighted by molar-refractivity contribution is 7.71. The van der Waals surface area contributed by atoms with Crippen molar-refractivity contribution in [2.45, 2.75) is 105 Å². The summed E-state index contributed by atoms with van der Waals surface area (Å²) >= 11 is 0. The summed E-state index contributed by atoms with van der Waals surface area (Å²) in [5.74, 6) is 0. The third-order valence-electron chi connectivity index (χ3n) is 5.07. The zero-order valence-electron chi connectivity index (χ0n) is 18.8. The fraction of sp³-hybridized carbons (Fsp3) is 0.870. The van der Waals surface area contributed by atoms with Crippen LogP contribution in [0.3, 0.4) is 0 Å². The summed E-state index contributed by atoms with van der Waals surface area (Å²) in [5.41, 5.74) is 0. The minimum absolute atomic E-state index is 0.934. The van der Waals surface area contributed by atoms with Gasteiger partial charge in [-0.3, -0.25) is 0 Å². The summed E-state index contributed by atoms with van der Waals surface area (Å²) in [6, 6.07) is 0. The topological polar surface area (TPSA) is 37.9 Å². The third-order valence-corrected chi connectivity index (χ3v) is 9.27. The molecule has 0 bridgehead atoms. The van der Waals surface area contributed by atoms with Crippen molar-refractivity contribution < 1.29 is 4.52 Å². The Morgan fingerprint density at radius 3 is 1.44 bits per heavy atom. The van der Waals surface area contributed by atoms with Gasteiger partial charge in [0, 0.05) is 12.4 Å². The Bertz CT molecular complexity index is 322. The molecule has 0 fully saturated rings. The molecule has 1 N–H and O–H groups in total. The van der Waals surface area contributed by atoms with Gasteiger partial charge in [0.1, 0.15) is 7.49 Å². The molecule has 3 nitrogen and oxygen atoms in total. The number of aromatic amines is 1. The highest BCUT2D eigenvalue weighted by atomic mass is 31.2. The van der Waals surface area contributed by atoms with E-state index in [0.717, 1.165) is 6.61 Å². The highest BCUT2D eigenvalue weighted by Gasteiger charge is 2.37. The number of nitrogens with zero attached hydrogens (tertiary/aromatic N) is 1. The van der Waals surface area contributed by atoms with E-state index >= 15 is 0 Å². The third kappa shape index (κ3) is 16.3. The van der Waals surface area contributed by atoms with Gasteiger partial charge in [0.05, 0.1) is 31.4 Å². The molecule has 0 atom stereocenters. The van der Waals surface area contributed by atoms with E-state index in [1.807, 2.05) is 0 Å². The van der Waals surface area contributed by atoms with Crippen LogP contribution >= 0.6 is 7.49 Å². The van der Waals surface area contributed by atoms with Crippen molar-refractivity contribution >= 4 is 7.49 Å². The SMILES string of the molecule is CCCCCC[P+](CCCCCC)(CCCCCC)OCC.c1c[nH]cn1. The highest BCUT2D eigenvalue weighted by Crippen LogP contribution is 2.61. The molecule has 0 aromatic carbocycles. The lowest BCUT2D eigenvalue weighted by Crippen LogP contribution is -2.12. The van der Waals surface area contributed by atoms with Crippen LogP contribution in [0.25, 0.3) is 0 Å². The predicted molar refractivity (Wildman–Crippen MR) is 124 cm³/mol. The maximum absolute atomic E-state index is 6.48. The van der Waals surface area contributed by atoms with Crippen molar-refractivity contribution in [2.75, 3.05) is 25.1 Å². The molecule has 0 saturated heterocycles. The van der Waals surface area contributed by atoms with Gasteiger partial charge in [0.15, 0.2) is 0 Å². The Labute approximate surface area is 170 Å². The minimum Gasteiger partial charge on any atom is -0.351 e. The van der Waals surface area contributed by atoms with Crippen LogP contribution in [0, 0.1) is 0 Å². The van der Waals surface area contributed by atoms with Gasteiger partial charge in [-0.25, -0.2) is 9.51 Å². The van der Waals surface area contributed by atoms with Crippen molar-refractivity contribution in [3.05, 3.63) is 18.7 Å². The Morgan fingerprint density at radius 1 is 0.704 bits per heavy atom. The second-order valence-electron chi connectivity index (χ2n) is 7.59. The molecule has 0 aliphatic heterocycles. The van der Waals surface area contributed by atoms with E-state index in [0.29, 0.717) is 0 Å². The van der Waals surface area contributed by atoms with E-state index in [-0.39, 0.29) is 0 Å². The van der Waals surface area contributed by atoms with Gasteiger partial charge in [-0.05, 0) is 45.4 Å². The van der Waals surface area contributed by atoms with Crippen molar-refractivity contribution in [3.63, 3.8) is 0 Å². The van der Waals surface area contributed by atoms with E-state index in [1.165, 1.54) is 95.5 Å². The smallest absolute Gasteiger partial charge is 0.145 e.